The summed E-state index contributed by atoms with van der Waals surface area (Å²) in [4.78, 5) is 11.2. The third-order valence-corrected chi connectivity index (χ3v) is 6.48. The molecule has 3 aromatic rings. The molecule has 0 saturated heterocycles. The van der Waals surface area contributed by atoms with E-state index < -0.39 is 29.7 Å². The first kappa shape index (κ1) is 25.6. The van der Waals surface area contributed by atoms with Gasteiger partial charge in [0, 0.05) is 30.4 Å². The largest absolute Gasteiger partial charge is 0.461 e. The van der Waals surface area contributed by atoms with Crippen LogP contribution in [0.15, 0.2) is 87.2 Å². The molecule has 0 N–H and O–H groups in total. The van der Waals surface area contributed by atoms with Crippen molar-refractivity contribution in [3.63, 3.8) is 0 Å². The molecule has 0 radical (unpaired) electrons. The summed E-state index contributed by atoms with van der Waals surface area (Å²) in [6, 6.07) is 12.3. The number of hydrogen-bond donors (Lipinski definition) is 0. The molecule has 198 valence electrons. The van der Waals surface area contributed by atoms with E-state index in [1.165, 1.54) is 11.2 Å². The van der Waals surface area contributed by atoms with Crippen molar-refractivity contribution in [2.75, 3.05) is 6.54 Å². The Morgan fingerprint density at radius 2 is 1.66 bits per heavy atom. The molecule has 3 heterocycles. The molecular formula is C27H21F6N3O2. The van der Waals surface area contributed by atoms with Crippen LogP contribution < -0.4 is 0 Å². The van der Waals surface area contributed by atoms with Crippen LogP contribution >= 0.6 is 0 Å². The minimum atomic E-state index is -5.00. The Kier molecular flexibility index (Phi) is 6.54. The zero-order valence-corrected chi connectivity index (χ0v) is 19.9. The number of furan rings is 1. The molecule has 0 fully saturated rings. The standard InChI is InChI=1S/C27H21F6N3O2/c1-16-5-2-3-6-21(16)22-8-9-34-14-18(22)15-36-24(23-7-4-10-37-23)35-38-25(36)17-11-19(26(28,29)30)13-20(12-17)27(31,32)33/h2-7,9-14,22,25H,8,15H2,1H3. The Bertz CT molecular complexity index is 1370. The molecule has 38 heavy (non-hydrogen) atoms. The molecule has 2 unspecified atom stereocenters. The number of alkyl halides is 6. The van der Waals surface area contributed by atoms with Crippen LogP contribution in [0.2, 0.25) is 0 Å². The summed E-state index contributed by atoms with van der Waals surface area (Å²) in [7, 11) is 0. The third kappa shape index (κ3) is 5.05. The minimum Gasteiger partial charge on any atom is -0.461 e. The Morgan fingerprint density at radius 3 is 2.29 bits per heavy atom. The van der Waals surface area contributed by atoms with Crippen LogP contribution in [0.25, 0.3) is 0 Å². The van der Waals surface area contributed by atoms with Gasteiger partial charge in [-0.1, -0.05) is 29.4 Å². The molecule has 2 aliphatic rings. The smallest absolute Gasteiger partial charge is 0.416 e. The molecule has 0 spiro atoms. The molecule has 0 aliphatic carbocycles. The number of hydrogen-bond acceptors (Lipinski definition) is 5. The monoisotopic (exact) mass is 533 g/mol. The summed E-state index contributed by atoms with van der Waals surface area (Å²) < 4.78 is 86.9. The lowest BCUT2D eigenvalue weighted by Gasteiger charge is -2.30. The van der Waals surface area contributed by atoms with Crippen molar-refractivity contribution in [1.29, 1.82) is 0 Å². The number of oxime groups is 1. The van der Waals surface area contributed by atoms with Crippen LogP contribution in [-0.2, 0) is 17.2 Å². The molecule has 11 heteroatoms. The van der Waals surface area contributed by atoms with Crippen molar-refractivity contribution in [3.05, 3.63) is 106 Å². The fraction of sp³-hybridized carbons (Fsp3) is 0.259. The second-order valence-corrected chi connectivity index (χ2v) is 9.00. The maximum Gasteiger partial charge on any atom is 0.416 e. The molecule has 5 rings (SSSR count). The average Bonchev–Trinajstić information content (AvgIpc) is 3.54. The van der Waals surface area contributed by atoms with Crippen LogP contribution in [0.4, 0.5) is 26.3 Å². The zero-order chi connectivity index (χ0) is 27.1. The van der Waals surface area contributed by atoms with Gasteiger partial charge in [-0.3, -0.25) is 4.99 Å². The van der Waals surface area contributed by atoms with Gasteiger partial charge < -0.3 is 14.2 Å². The first-order valence-corrected chi connectivity index (χ1v) is 11.6. The van der Waals surface area contributed by atoms with Crippen molar-refractivity contribution in [2.45, 2.75) is 37.8 Å². The number of nitrogens with zero attached hydrogens (tertiary/aromatic N) is 3. The normalized spacial score (nSPS) is 19.8. The molecular weight excluding hydrogens is 512 g/mol. The fourth-order valence-corrected chi connectivity index (χ4v) is 4.64. The highest BCUT2D eigenvalue weighted by Gasteiger charge is 2.41. The van der Waals surface area contributed by atoms with Gasteiger partial charge in [0.2, 0.25) is 12.1 Å². The molecule has 2 atom stereocenters. The SMILES string of the molecule is Cc1ccccc1C1CC=NC=C1CN1C(c2ccco2)=NOC1c1cc(C(F)(F)F)cc(C(F)(F)F)c1. The van der Waals surface area contributed by atoms with Gasteiger partial charge in [-0.2, -0.15) is 26.3 Å². The van der Waals surface area contributed by atoms with Crippen LogP contribution in [0.3, 0.4) is 0 Å². The van der Waals surface area contributed by atoms with E-state index >= 15 is 0 Å². The summed E-state index contributed by atoms with van der Waals surface area (Å²) in [5, 5.41) is 4.00. The number of rotatable bonds is 5. The number of halogens is 6. The topological polar surface area (TPSA) is 50.3 Å². The van der Waals surface area contributed by atoms with E-state index in [0.717, 1.165) is 16.7 Å². The first-order valence-electron chi connectivity index (χ1n) is 11.6. The summed E-state index contributed by atoms with van der Waals surface area (Å²) in [5.74, 6) is 0.285. The Morgan fingerprint density at radius 1 is 0.947 bits per heavy atom. The van der Waals surface area contributed by atoms with Gasteiger partial charge in [0.05, 0.1) is 17.4 Å². The van der Waals surface area contributed by atoms with Crippen LogP contribution in [-0.4, -0.2) is 23.5 Å². The lowest BCUT2D eigenvalue weighted by atomic mass is 9.85. The molecule has 5 nitrogen and oxygen atoms in total. The second-order valence-electron chi connectivity index (χ2n) is 9.00. The highest BCUT2D eigenvalue weighted by atomic mass is 19.4. The fourth-order valence-electron chi connectivity index (χ4n) is 4.64. The van der Waals surface area contributed by atoms with Crippen molar-refractivity contribution >= 4 is 12.1 Å². The lowest BCUT2D eigenvalue weighted by Crippen LogP contribution is -2.34. The summed E-state index contributed by atoms with van der Waals surface area (Å²) >= 11 is 0. The van der Waals surface area contributed by atoms with Gasteiger partial charge in [-0.15, -0.1) is 0 Å². The van der Waals surface area contributed by atoms with E-state index in [1.807, 2.05) is 31.2 Å². The van der Waals surface area contributed by atoms with E-state index in [1.54, 1.807) is 24.5 Å². The second kappa shape index (κ2) is 9.70. The van der Waals surface area contributed by atoms with Crippen LogP contribution in [0, 0.1) is 6.92 Å². The summed E-state index contributed by atoms with van der Waals surface area (Å²) in [6.45, 7) is 2.04. The number of benzene rings is 2. The lowest BCUT2D eigenvalue weighted by molar-refractivity contribution is -0.143. The van der Waals surface area contributed by atoms with Crippen molar-refractivity contribution in [2.24, 2.45) is 10.1 Å². The Hall–Kier alpha value is -4.02. The number of aryl methyl sites for hydroxylation is 1. The van der Waals surface area contributed by atoms with E-state index in [9.17, 15) is 26.3 Å². The van der Waals surface area contributed by atoms with Crippen molar-refractivity contribution in [1.82, 2.24) is 4.90 Å². The molecule has 0 amide bonds. The van der Waals surface area contributed by atoms with Gasteiger partial charge in [-0.25, -0.2) is 0 Å². The van der Waals surface area contributed by atoms with Crippen LogP contribution in [0.1, 0.15) is 52.1 Å². The van der Waals surface area contributed by atoms with E-state index in [2.05, 4.69) is 10.1 Å². The molecule has 1 aromatic heterocycles. The highest BCUT2D eigenvalue weighted by molar-refractivity contribution is 5.97. The first-order chi connectivity index (χ1) is 18.0. The summed E-state index contributed by atoms with van der Waals surface area (Å²) in [5.41, 5.74) is -0.338. The number of amidine groups is 1. The maximum absolute atomic E-state index is 13.6. The van der Waals surface area contributed by atoms with E-state index in [-0.39, 0.29) is 35.7 Å². The predicted octanol–water partition coefficient (Wildman–Crippen LogP) is 7.46. The zero-order valence-electron chi connectivity index (χ0n) is 19.9. The van der Waals surface area contributed by atoms with Gasteiger partial charge in [0.25, 0.3) is 0 Å². The third-order valence-electron chi connectivity index (χ3n) is 6.48. The van der Waals surface area contributed by atoms with Gasteiger partial charge in [0.15, 0.2) is 5.76 Å². The maximum atomic E-state index is 13.6. The average molecular weight is 533 g/mol. The van der Waals surface area contributed by atoms with Crippen molar-refractivity contribution in [3.8, 4) is 0 Å². The van der Waals surface area contributed by atoms with Gasteiger partial charge in [0.1, 0.15) is 0 Å². The molecule has 2 aliphatic heterocycles. The summed E-state index contributed by atoms with van der Waals surface area (Å²) in [6.07, 6.45) is -5.99. The molecule has 0 saturated carbocycles. The van der Waals surface area contributed by atoms with Gasteiger partial charge >= 0.3 is 12.4 Å². The molecule has 2 aromatic carbocycles. The number of aliphatic imine (C=N–C) groups is 1. The van der Waals surface area contributed by atoms with E-state index in [0.29, 0.717) is 18.6 Å². The Labute approximate surface area is 213 Å². The predicted molar refractivity (Wildman–Crippen MR) is 127 cm³/mol. The van der Waals surface area contributed by atoms with Gasteiger partial charge in [-0.05, 0) is 60.4 Å². The van der Waals surface area contributed by atoms with Crippen molar-refractivity contribution < 1.29 is 35.6 Å². The Balaban J connectivity index is 1.57. The quantitative estimate of drug-likeness (QED) is 0.320. The van der Waals surface area contributed by atoms with E-state index in [4.69, 9.17) is 9.25 Å². The molecule has 0 bridgehead atoms. The van der Waals surface area contributed by atoms with Crippen LogP contribution in [0.5, 0.6) is 0 Å². The minimum absolute atomic E-state index is 0.0676. The highest BCUT2D eigenvalue weighted by Crippen LogP contribution is 2.41.